The summed E-state index contributed by atoms with van der Waals surface area (Å²) >= 11 is 0. The van der Waals surface area contributed by atoms with Crippen LogP contribution in [-0.2, 0) is 9.47 Å². The molecule has 2 unspecified atom stereocenters. The monoisotopic (exact) mass is 1500 g/mol. The van der Waals surface area contributed by atoms with Gasteiger partial charge in [-0.1, -0.05) is 238 Å². The molecule has 14 nitrogen and oxygen atoms in total. The van der Waals surface area contributed by atoms with Crippen molar-refractivity contribution in [2.75, 3.05) is 34.4 Å². The Morgan fingerprint density at radius 3 is 0.991 bits per heavy atom. The van der Waals surface area contributed by atoms with Crippen molar-refractivity contribution >= 4 is 65.2 Å². The van der Waals surface area contributed by atoms with Crippen molar-refractivity contribution in [3.63, 3.8) is 0 Å². The van der Waals surface area contributed by atoms with Gasteiger partial charge in [-0.25, -0.2) is 30.0 Å². The zero-order valence-electron chi connectivity index (χ0n) is 73.9. The van der Waals surface area contributed by atoms with Gasteiger partial charge in [0.1, 0.15) is 6.01 Å². The molecule has 2 fully saturated rings. The van der Waals surface area contributed by atoms with E-state index in [0.717, 1.165) is 51.6 Å². The van der Waals surface area contributed by atoms with Gasteiger partial charge >= 0.3 is 0 Å². The molecule has 600 valence electrons. The SMILES string of the molecule is C1=NC(c2cccc(C3N=CCO3)c2)OC1.CC(C)N=C=NC(C)C.CC(C)c1cccc(C(C)C)c1N=C=Nc1c(C(C)C)cccc1C(C)C.CN=C=NC1CCC(CC2CCC(C)CC2)CC1.CN=C=Nc1c(C(C)C)cc(C(C)C)c(C)c1C(C)C.CN=C=Nc1c(C(C)C)cc(C(C)C)c(C)c1C(C)C. The predicted molar refractivity (Wildman–Crippen MR) is 474 cm³/mol. The second kappa shape index (κ2) is 48.9. The Morgan fingerprint density at radius 2 is 0.691 bits per heavy atom. The lowest BCUT2D eigenvalue weighted by molar-refractivity contribution is 0.105. The Balaban J connectivity index is 0.000000285. The summed E-state index contributed by atoms with van der Waals surface area (Å²) in [6.45, 7) is 60.6. The minimum absolute atomic E-state index is 0.162. The standard InChI is InChI=1S/C25H34N2.2C18H28N2.C16H28N2.C12H12N2O2.C7H14N2/c1-16(2)20-11-9-12-21(17(3)4)24(20)26-15-27-25-22(18(5)6)13-10-14-23(25)19(7)8;2*1-11(2)15-9-16(12(3)4)18(20-10-19-8)17(13(5)6)14(15)7;1-13-3-5-14(6-4-13)11-15-7-9-16(10-8-15)18-12-17-2;1-2-9(11-13-4-6-15-11)8-10(3-1)12-14-5-7-16-12;1-6(2)8-5-9-7(3)4/h9-14,16-19H,1-8H3;2*9,11-13H,1-8H3;13-16H,3-11H2,1-2H3;1-5,8,11-12H,6-7H2;6-7H,1-4H3. The molecule has 0 amide bonds. The molecule has 5 aromatic carbocycles. The lowest BCUT2D eigenvalue weighted by atomic mass is 9.75. The zero-order chi connectivity index (χ0) is 81.9. The van der Waals surface area contributed by atoms with Crippen LogP contribution in [0.5, 0.6) is 0 Å². The molecule has 2 aliphatic carbocycles. The van der Waals surface area contributed by atoms with Gasteiger partial charge in [-0.05, 0) is 223 Å². The van der Waals surface area contributed by atoms with Crippen molar-refractivity contribution < 1.29 is 9.47 Å². The molecule has 0 saturated heterocycles. The van der Waals surface area contributed by atoms with Gasteiger partial charge in [-0.2, -0.15) is 20.0 Å². The summed E-state index contributed by atoms with van der Waals surface area (Å²) in [5, 5.41) is 0. The van der Waals surface area contributed by atoms with Gasteiger partial charge in [0, 0.05) is 44.7 Å². The fourth-order valence-electron chi connectivity index (χ4n) is 14.8. The topological polar surface area (TPSA) is 167 Å². The van der Waals surface area contributed by atoms with E-state index in [1.807, 2.05) is 52.0 Å². The zero-order valence-corrected chi connectivity index (χ0v) is 73.9. The van der Waals surface area contributed by atoms with Gasteiger partial charge < -0.3 is 9.47 Å². The average Bonchev–Trinajstić information content (AvgIpc) is 0.866. The number of rotatable bonds is 21. The number of benzene rings is 5. The fourth-order valence-corrected chi connectivity index (χ4v) is 14.8. The van der Waals surface area contributed by atoms with Crippen LogP contribution in [0, 0.1) is 31.6 Å². The number of nitrogens with zero attached hydrogens (tertiary/aromatic N) is 12. The van der Waals surface area contributed by atoms with Crippen LogP contribution in [-0.4, -0.2) is 95.0 Å². The Morgan fingerprint density at radius 1 is 0.364 bits per heavy atom. The summed E-state index contributed by atoms with van der Waals surface area (Å²) in [7, 11) is 5.17. The first-order chi connectivity index (χ1) is 52.2. The summed E-state index contributed by atoms with van der Waals surface area (Å²) in [6, 6.07) is 40.8. The van der Waals surface area contributed by atoms with Crippen molar-refractivity contribution in [3.05, 3.63) is 151 Å². The summed E-state index contributed by atoms with van der Waals surface area (Å²) in [4.78, 5) is 50.9. The Kier molecular flexibility index (Phi) is 42.1. The van der Waals surface area contributed by atoms with Crippen molar-refractivity contribution in [2.24, 2.45) is 77.7 Å². The fraction of sp³-hybridized carbons (Fsp3) is 0.615. The second-order valence-electron chi connectivity index (χ2n) is 33.9. The molecule has 2 atom stereocenters. The number of para-hydroxylation sites is 2. The smallest absolute Gasteiger partial charge is 0.174 e. The molecule has 110 heavy (non-hydrogen) atoms. The molecule has 0 bridgehead atoms. The van der Waals surface area contributed by atoms with Gasteiger partial charge in [-0.15, -0.1) is 0 Å². The van der Waals surface area contributed by atoms with Crippen molar-refractivity contribution in [3.8, 4) is 0 Å². The molecule has 2 heterocycles. The van der Waals surface area contributed by atoms with E-state index in [1.54, 1.807) is 33.6 Å². The van der Waals surface area contributed by atoms with Crippen LogP contribution in [0.25, 0.3) is 0 Å². The molecular weight excluding hydrogens is 1350 g/mol. The first kappa shape index (κ1) is 94.6. The largest absolute Gasteiger partial charge is 0.347 e. The highest BCUT2D eigenvalue weighted by Gasteiger charge is 2.27. The van der Waals surface area contributed by atoms with Crippen LogP contribution < -0.4 is 0 Å². The van der Waals surface area contributed by atoms with Crippen LogP contribution in [0.3, 0.4) is 0 Å². The van der Waals surface area contributed by atoms with E-state index >= 15 is 0 Å². The third-order valence-electron chi connectivity index (χ3n) is 20.7. The summed E-state index contributed by atoms with van der Waals surface area (Å²) in [6.07, 6.45) is 16.0. The second-order valence-corrected chi connectivity index (χ2v) is 33.9. The van der Waals surface area contributed by atoms with Crippen LogP contribution in [0.15, 0.2) is 133 Å². The molecule has 14 heteroatoms. The number of aliphatic imine (C=N–C) groups is 12. The number of hydrogen-bond donors (Lipinski definition) is 0. The predicted octanol–water partition coefficient (Wildman–Crippen LogP) is 28.3. The normalized spacial score (nSPS) is 17.7. The van der Waals surface area contributed by atoms with Gasteiger partial charge in [0.25, 0.3) is 0 Å². The van der Waals surface area contributed by atoms with Gasteiger partial charge in [0.05, 0.1) is 78.1 Å². The number of ether oxygens (including phenoxy) is 2. The Bertz CT molecular complexity index is 3760. The molecule has 4 aliphatic rings. The molecular formula is C96H144N12O2. The molecule has 5 aromatic rings. The molecule has 0 spiro atoms. The molecule has 2 aliphatic heterocycles. The van der Waals surface area contributed by atoms with E-state index in [1.165, 1.54) is 125 Å². The van der Waals surface area contributed by atoms with Gasteiger partial charge in [0.15, 0.2) is 12.5 Å². The third-order valence-corrected chi connectivity index (χ3v) is 20.7. The lowest BCUT2D eigenvalue weighted by Crippen LogP contribution is -2.21. The minimum Gasteiger partial charge on any atom is -0.347 e. The first-order valence-electron chi connectivity index (χ1n) is 41.6. The van der Waals surface area contributed by atoms with Crippen molar-refractivity contribution in [1.29, 1.82) is 0 Å². The quantitative estimate of drug-likeness (QED) is 0.0668. The summed E-state index contributed by atoms with van der Waals surface area (Å²) in [5.41, 5.74) is 22.2. The Hall–Kier alpha value is -7.74. The van der Waals surface area contributed by atoms with E-state index in [2.05, 4.69) is 288 Å². The van der Waals surface area contributed by atoms with E-state index < -0.39 is 0 Å². The van der Waals surface area contributed by atoms with Crippen molar-refractivity contribution in [2.45, 2.75) is 334 Å². The van der Waals surface area contributed by atoms with Crippen LogP contribution in [0.2, 0.25) is 0 Å². The van der Waals surface area contributed by atoms with E-state index in [9.17, 15) is 0 Å². The lowest BCUT2D eigenvalue weighted by Gasteiger charge is -2.32. The summed E-state index contributed by atoms with van der Waals surface area (Å²) in [5.74, 6) is 7.51. The molecule has 0 radical (unpaired) electrons. The average molecular weight is 1500 g/mol. The maximum Gasteiger partial charge on any atom is 0.174 e. The van der Waals surface area contributed by atoms with E-state index in [-0.39, 0.29) is 12.5 Å². The minimum atomic E-state index is -0.162. The molecule has 2 saturated carbocycles. The van der Waals surface area contributed by atoms with Gasteiger partial charge in [0.2, 0.25) is 0 Å². The highest BCUT2D eigenvalue weighted by atomic mass is 16.5. The maximum absolute atomic E-state index is 5.46. The van der Waals surface area contributed by atoms with E-state index in [0.29, 0.717) is 90.5 Å². The maximum atomic E-state index is 5.46. The van der Waals surface area contributed by atoms with Crippen LogP contribution in [0.1, 0.15) is 380 Å². The van der Waals surface area contributed by atoms with Crippen molar-refractivity contribution in [1.82, 2.24) is 0 Å². The van der Waals surface area contributed by atoms with Gasteiger partial charge in [-0.3, -0.25) is 9.98 Å². The van der Waals surface area contributed by atoms with E-state index in [4.69, 9.17) is 19.5 Å². The molecule has 9 rings (SSSR count). The first-order valence-corrected chi connectivity index (χ1v) is 41.6. The highest BCUT2D eigenvalue weighted by molar-refractivity contribution is 5.69. The molecule has 0 N–H and O–H groups in total. The number of hydrogen-bond acceptors (Lipinski definition) is 14. The summed E-state index contributed by atoms with van der Waals surface area (Å²) < 4.78 is 10.9. The van der Waals surface area contributed by atoms with Crippen LogP contribution in [0.4, 0.5) is 22.7 Å². The third kappa shape index (κ3) is 30.4. The molecule has 0 aromatic heterocycles. The highest BCUT2D eigenvalue weighted by Crippen LogP contribution is 2.44. The Labute approximate surface area is 668 Å². The van der Waals surface area contributed by atoms with Crippen LogP contribution >= 0.6 is 0 Å².